The van der Waals surface area contributed by atoms with E-state index in [-0.39, 0.29) is 5.82 Å². The second-order valence-electron chi connectivity index (χ2n) is 4.55. The lowest BCUT2D eigenvalue weighted by Crippen LogP contribution is -2.24. The number of amides is 2. The van der Waals surface area contributed by atoms with Crippen LogP contribution in [0.4, 0.5) is 14.9 Å². The van der Waals surface area contributed by atoms with E-state index in [1.165, 1.54) is 25.4 Å². The molecular weight excluding hydrogens is 299 g/mol. The first kappa shape index (κ1) is 16.4. The predicted octanol–water partition coefficient (Wildman–Crippen LogP) is 3.64. The van der Waals surface area contributed by atoms with Gasteiger partial charge in [-0.3, -0.25) is 0 Å². The highest BCUT2D eigenvalue weighted by molar-refractivity contribution is 5.92. The van der Waals surface area contributed by atoms with Crippen LogP contribution in [0.1, 0.15) is 5.56 Å². The summed E-state index contributed by atoms with van der Waals surface area (Å²) in [6, 6.07) is 10.6. The van der Waals surface area contributed by atoms with Crippen molar-refractivity contribution >= 4 is 17.8 Å². The van der Waals surface area contributed by atoms with Crippen LogP contribution in [-0.4, -0.2) is 20.3 Å². The lowest BCUT2D eigenvalue weighted by Gasteiger charge is -2.11. The molecule has 0 atom stereocenters. The quantitative estimate of drug-likeness (QED) is 0.885. The van der Waals surface area contributed by atoms with Gasteiger partial charge in [-0.05, 0) is 35.9 Å². The fraction of sp³-hybridized carbons (Fsp3) is 0.118. The highest BCUT2D eigenvalue weighted by atomic mass is 19.1. The molecule has 2 aromatic carbocycles. The smallest absolute Gasteiger partial charge is 0.323 e. The van der Waals surface area contributed by atoms with Crippen LogP contribution in [0.2, 0.25) is 0 Å². The van der Waals surface area contributed by atoms with Crippen molar-refractivity contribution in [1.29, 1.82) is 0 Å². The van der Waals surface area contributed by atoms with Crippen molar-refractivity contribution in [3.05, 3.63) is 60.0 Å². The Bertz CT molecular complexity index is 699. The van der Waals surface area contributed by atoms with E-state index in [9.17, 15) is 9.18 Å². The second kappa shape index (κ2) is 7.84. The van der Waals surface area contributed by atoms with E-state index in [2.05, 4.69) is 10.6 Å². The molecule has 0 heterocycles. The van der Waals surface area contributed by atoms with E-state index in [1.807, 2.05) is 0 Å². The van der Waals surface area contributed by atoms with E-state index >= 15 is 0 Å². The Kier molecular flexibility index (Phi) is 5.57. The monoisotopic (exact) mass is 316 g/mol. The topological polar surface area (TPSA) is 59.6 Å². The summed E-state index contributed by atoms with van der Waals surface area (Å²) in [4.78, 5) is 11.9. The minimum atomic E-state index is -0.424. The van der Waals surface area contributed by atoms with Crippen molar-refractivity contribution < 1.29 is 18.7 Å². The number of hydrogen-bond donors (Lipinski definition) is 2. The summed E-state index contributed by atoms with van der Waals surface area (Å²) in [7, 11) is 3.06. The van der Waals surface area contributed by atoms with Gasteiger partial charge in [-0.25, -0.2) is 9.18 Å². The summed E-state index contributed by atoms with van der Waals surface area (Å²) in [6.07, 6.45) is 3.13. The third kappa shape index (κ3) is 4.74. The summed E-state index contributed by atoms with van der Waals surface area (Å²) in [5.41, 5.74) is 1.29. The number of urea groups is 1. The van der Waals surface area contributed by atoms with Gasteiger partial charge in [0.15, 0.2) is 0 Å². The van der Waals surface area contributed by atoms with Crippen LogP contribution in [0.5, 0.6) is 11.5 Å². The summed E-state index contributed by atoms with van der Waals surface area (Å²) in [6.45, 7) is 0. The van der Waals surface area contributed by atoms with Gasteiger partial charge in [-0.2, -0.15) is 0 Å². The molecule has 5 nitrogen and oxygen atoms in total. The summed E-state index contributed by atoms with van der Waals surface area (Å²) in [5, 5.41) is 5.23. The molecule has 0 aliphatic rings. The van der Waals surface area contributed by atoms with Gasteiger partial charge in [0.2, 0.25) is 0 Å². The lowest BCUT2D eigenvalue weighted by molar-refractivity contribution is 0.255. The van der Waals surface area contributed by atoms with Gasteiger partial charge < -0.3 is 20.1 Å². The number of nitrogens with one attached hydrogen (secondary N) is 2. The Hall–Kier alpha value is -3.02. The first-order valence-electron chi connectivity index (χ1n) is 6.84. The molecule has 0 fully saturated rings. The standard InChI is InChI=1S/C17H17FN2O3/c1-22-14-7-8-15(16(11-14)23-2)20-17(21)19-10-9-12-3-5-13(18)6-4-12/h3-11H,1-2H3,(H2,19,20,21)/b10-9+. The molecule has 0 aliphatic carbocycles. The molecule has 2 aromatic rings. The minimum absolute atomic E-state index is 0.306. The van der Waals surface area contributed by atoms with Gasteiger partial charge in [0, 0.05) is 12.3 Å². The number of rotatable bonds is 5. The number of benzene rings is 2. The zero-order valence-corrected chi connectivity index (χ0v) is 12.8. The number of methoxy groups -OCH3 is 2. The van der Waals surface area contributed by atoms with Crippen molar-refractivity contribution in [2.75, 3.05) is 19.5 Å². The van der Waals surface area contributed by atoms with Crippen LogP contribution in [0.15, 0.2) is 48.7 Å². The van der Waals surface area contributed by atoms with Crippen LogP contribution < -0.4 is 20.1 Å². The molecule has 6 heteroatoms. The van der Waals surface area contributed by atoms with Crippen molar-refractivity contribution in [3.8, 4) is 11.5 Å². The third-order valence-corrected chi connectivity index (χ3v) is 3.02. The summed E-state index contributed by atoms with van der Waals surface area (Å²) in [5.74, 6) is 0.811. The average molecular weight is 316 g/mol. The molecule has 0 saturated carbocycles. The van der Waals surface area contributed by atoms with Gasteiger partial charge in [0.25, 0.3) is 0 Å². The number of hydrogen-bond acceptors (Lipinski definition) is 3. The molecule has 0 saturated heterocycles. The van der Waals surface area contributed by atoms with E-state index in [0.717, 1.165) is 5.56 Å². The van der Waals surface area contributed by atoms with Crippen molar-refractivity contribution in [3.63, 3.8) is 0 Å². The third-order valence-electron chi connectivity index (χ3n) is 3.02. The number of anilines is 1. The molecule has 0 spiro atoms. The fourth-order valence-electron chi connectivity index (χ4n) is 1.85. The number of carbonyl (C=O) groups excluding carboxylic acids is 1. The van der Waals surface area contributed by atoms with Gasteiger partial charge in [-0.15, -0.1) is 0 Å². The molecule has 2 rings (SSSR count). The van der Waals surface area contributed by atoms with Crippen LogP contribution in [0.3, 0.4) is 0 Å². The van der Waals surface area contributed by atoms with Gasteiger partial charge in [0.05, 0.1) is 19.9 Å². The molecule has 2 N–H and O–H groups in total. The number of carbonyl (C=O) groups is 1. The summed E-state index contributed by atoms with van der Waals surface area (Å²) >= 11 is 0. The molecule has 23 heavy (non-hydrogen) atoms. The molecule has 0 aliphatic heterocycles. The Labute approximate surface area is 133 Å². The van der Waals surface area contributed by atoms with Crippen LogP contribution in [-0.2, 0) is 0 Å². The Morgan fingerprint density at radius 1 is 1.09 bits per heavy atom. The fourth-order valence-corrected chi connectivity index (χ4v) is 1.85. The minimum Gasteiger partial charge on any atom is -0.497 e. The van der Waals surface area contributed by atoms with Crippen molar-refractivity contribution in [1.82, 2.24) is 5.32 Å². The van der Waals surface area contributed by atoms with Gasteiger partial charge in [0.1, 0.15) is 17.3 Å². The van der Waals surface area contributed by atoms with Crippen LogP contribution >= 0.6 is 0 Å². The van der Waals surface area contributed by atoms with Crippen molar-refractivity contribution in [2.45, 2.75) is 0 Å². The van der Waals surface area contributed by atoms with E-state index in [4.69, 9.17) is 9.47 Å². The lowest BCUT2D eigenvalue weighted by atomic mass is 10.2. The average Bonchev–Trinajstić information content (AvgIpc) is 2.57. The maximum atomic E-state index is 12.8. The molecule has 0 bridgehead atoms. The molecular formula is C17H17FN2O3. The first-order chi connectivity index (χ1) is 11.1. The Morgan fingerprint density at radius 2 is 1.83 bits per heavy atom. The molecule has 0 unspecified atom stereocenters. The Morgan fingerprint density at radius 3 is 2.48 bits per heavy atom. The highest BCUT2D eigenvalue weighted by Gasteiger charge is 2.07. The van der Waals surface area contributed by atoms with Crippen LogP contribution in [0.25, 0.3) is 6.08 Å². The zero-order valence-electron chi connectivity index (χ0n) is 12.8. The van der Waals surface area contributed by atoms with Gasteiger partial charge >= 0.3 is 6.03 Å². The largest absolute Gasteiger partial charge is 0.497 e. The SMILES string of the molecule is COc1ccc(NC(=O)N/C=C/c2ccc(F)cc2)c(OC)c1. The molecule has 120 valence electrons. The molecule has 0 radical (unpaired) electrons. The Balaban J connectivity index is 1.95. The summed E-state index contributed by atoms with van der Waals surface area (Å²) < 4.78 is 23.1. The zero-order chi connectivity index (χ0) is 16.7. The van der Waals surface area contributed by atoms with Crippen LogP contribution in [0, 0.1) is 5.82 Å². The van der Waals surface area contributed by atoms with Crippen molar-refractivity contribution in [2.24, 2.45) is 0 Å². The molecule has 0 aromatic heterocycles. The molecule has 2 amide bonds. The second-order valence-corrected chi connectivity index (χ2v) is 4.55. The maximum absolute atomic E-state index is 12.8. The van der Waals surface area contributed by atoms with E-state index in [0.29, 0.717) is 17.2 Å². The maximum Gasteiger partial charge on any atom is 0.323 e. The number of ether oxygens (including phenoxy) is 2. The predicted molar refractivity (Wildman–Crippen MR) is 87.1 cm³/mol. The first-order valence-corrected chi connectivity index (χ1v) is 6.84. The van der Waals surface area contributed by atoms with Gasteiger partial charge in [-0.1, -0.05) is 12.1 Å². The number of halogens is 1. The van der Waals surface area contributed by atoms with E-state index in [1.54, 1.807) is 43.5 Å². The van der Waals surface area contributed by atoms with E-state index < -0.39 is 6.03 Å². The highest BCUT2D eigenvalue weighted by Crippen LogP contribution is 2.28. The normalized spacial score (nSPS) is 10.4.